The molecule has 1 aliphatic rings. The third-order valence-electron chi connectivity index (χ3n) is 5.39. The van der Waals surface area contributed by atoms with E-state index in [4.69, 9.17) is 0 Å². The molecule has 1 aliphatic heterocycles. The molecule has 4 heteroatoms. The maximum atomic E-state index is 13.5. The van der Waals surface area contributed by atoms with Crippen LogP contribution in [0, 0.1) is 5.82 Å². The topological polar surface area (TPSA) is 31.1 Å². The SMILES string of the molecule is Fc1ccc2[nH]cc(CCNC3CCN(Cc4ccccc4)CC3)c2c1. The summed E-state index contributed by atoms with van der Waals surface area (Å²) in [6, 6.07) is 16.2. The zero-order valence-corrected chi connectivity index (χ0v) is 15.0. The van der Waals surface area contributed by atoms with E-state index in [1.54, 1.807) is 6.07 Å². The Bertz CT molecular complexity index is 835. The molecule has 3 nitrogen and oxygen atoms in total. The Morgan fingerprint density at radius 2 is 1.88 bits per heavy atom. The lowest BCUT2D eigenvalue weighted by molar-refractivity contribution is 0.191. The van der Waals surface area contributed by atoms with Crippen LogP contribution >= 0.6 is 0 Å². The second kappa shape index (κ2) is 8.02. The lowest BCUT2D eigenvalue weighted by Crippen LogP contribution is -2.42. The molecule has 0 saturated carbocycles. The molecule has 26 heavy (non-hydrogen) atoms. The van der Waals surface area contributed by atoms with Gasteiger partial charge in [0, 0.05) is 29.7 Å². The van der Waals surface area contributed by atoms with Gasteiger partial charge in [0.2, 0.25) is 0 Å². The molecule has 1 fully saturated rings. The van der Waals surface area contributed by atoms with Gasteiger partial charge in [-0.3, -0.25) is 4.90 Å². The summed E-state index contributed by atoms with van der Waals surface area (Å²) in [5.74, 6) is -0.169. The minimum atomic E-state index is -0.169. The fraction of sp³-hybridized carbons (Fsp3) is 0.364. The first-order valence-corrected chi connectivity index (χ1v) is 9.53. The summed E-state index contributed by atoms with van der Waals surface area (Å²) < 4.78 is 13.5. The van der Waals surface area contributed by atoms with Crippen LogP contribution in [0.1, 0.15) is 24.0 Å². The van der Waals surface area contributed by atoms with Gasteiger partial charge in [-0.2, -0.15) is 0 Å². The molecule has 136 valence electrons. The van der Waals surface area contributed by atoms with Crippen molar-refractivity contribution in [3.05, 3.63) is 71.7 Å². The molecule has 0 amide bonds. The number of piperidine rings is 1. The summed E-state index contributed by atoms with van der Waals surface area (Å²) in [7, 11) is 0. The summed E-state index contributed by atoms with van der Waals surface area (Å²) in [5.41, 5.74) is 3.59. The molecule has 2 N–H and O–H groups in total. The highest BCUT2D eigenvalue weighted by Gasteiger charge is 2.18. The summed E-state index contributed by atoms with van der Waals surface area (Å²) in [5, 5.41) is 4.69. The van der Waals surface area contributed by atoms with E-state index < -0.39 is 0 Å². The molecule has 1 aromatic heterocycles. The molecular weight excluding hydrogens is 325 g/mol. The number of H-pyrrole nitrogens is 1. The molecule has 0 atom stereocenters. The van der Waals surface area contributed by atoms with E-state index >= 15 is 0 Å². The monoisotopic (exact) mass is 351 g/mol. The van der Waals surface area contributed by atoms with Crippen molar-refractivity contribution >= 4 is 10.9 Å². The molecule has 4 rings (SSSR count). The van der Waals surface area contributed by atoms with E-state index in [9.17, 15) is 4.39 Å². The number of halogens is 1. The Balaban J connectivity index is 1.23. The van der Waals surface area contributed by atoms with Crippen LogP contribution in [0.5, 0.6) is 0 Å². The molecule has 2 heterocycles. The van der Waals surface area contributed by atoms with Crippen LogP contribution in [-0.2, 0) is 13.0 Å². The maximum Gasteiger partial charge on any atom is 0.123 e. The van der Waals surface area contributed by atoms with E-state index in [0.717, 1.165) is 43.5 Å². The third-order valence-corrected chi connectivity index (χ3v) is 5.39. The molecule has 0 unspecified atom stereocenters. The fourth-order valence-electron chi connectivity index (χ4n) is 3.91. The van der Waals surface area contributed by atoms with Gasteiger partial charge >= 0.3 is 0 Å². The Morgan fingerprint density at radius 1 is 1.08 bits per heavy atom. The molecule has 1 saturated heterocycles. The number of aromatic nitrogens is 1. The van der Waals surface area contributed by atoms with E-state index in [0.29, 0.717) is 6.04 Å². The minimum Gasteiger partial charge on any atom is -0.361 e. The number of fused-ring (bicyclic) bond motifs is 1. The number of rotatable bonds is 6. The molecule has 0 radical (unpaired) electrons. The summed E-state index contributed by atoms with van der Waals surface area (Å²) in [6.45, 7) is 4.27. The average molecular weight is 351 g/mol. The number of aromatic amines is 1. The Morgan fingerprint density at radius 3 is 2.69 bits per heavy atom. The molecule has 0 bridgehead atoms. The molecule has 0 spiro atoms. The molecule has 2 aromatic carbocycles. The van der Waals surface area contributed by atoms with Crippen LogP contribution in [0.15, 0.2) is 54.7 Å². The first kappa shape index (κ1) is 17.3. The number of nitrogens with one attached hydrogen (secondary N) is 2. The van der Waals surface area contributed by atoms with Gasteiger partial charge in [0.25, 0.3) is 0 Å². The molecule has 0 aliphatic carbocycles. The quantitative estimate of drug-likeness (QED) is 0.700. The summed E-state index contributed by atoms with van der Waals surface area (Å²) >= 11 is 0. The summed E-state index contributed by atoms with van der Waals surface area (Å²) in [6.07, 6.45) is 5.31. The van der Waals surface area contributed by atoms with E-state index in [1.807, 2.05) is 12.3 Å². The van der Waals surface area contributed by atoms with Crippen molar-refractivity contribution in [3.63, 3.8) is 0 Å². The van der Waals surface area contributed by atoms with Gasteiger partial charge < -0.3 is 10.3 Å². The largest absolute Gasteiger partial charge is 0.361 e. The first-order valence-electron chi connectivity index (χ1n) is 9.53. The molecular formula is C22H26FN3. The number of hydrogen-bond donors (Lipinski definition) is 2. The van der Waals surface area contributed by atoms with Crippen molar-refractivity contribution in [3.8, 4) is 0 Å². The predicted octanol–water partition coefficient (Wildman–Crippen LogP) is 4.10. The van der Waals surface area contributed by atoms with Gasteiger partial charge in [0.05, 0.1) is 0 Å². The second-order valence-corrected chi connectivity index (χ2v) is 7.24. The smallest absolute Gasteiger partial charge is 0.123 e. The van der Waals surface area contributed by atoms with E-state index in [2.05, 4.69) is 45.5 Å². The van der Waals surface area contributed by atoms with E-state index in [1.165, 1.54) is 30.0 Å². The zero-order valence-electron chi connectivity index (χ0n) is 15.0. The highest BCUT2D eigenvalue weighted by Crippen LogP contribution is 2.20. The number of likely N-dealkylation sites (tertiary alicyclic amines) is 1. The lowest BCUT2D eigenvalue weighted by atomic mass is 10.0. The van der Waals surface area contributed by atoms with Crippen molar-refractivity contribution < 1.29 is 4.39 Å². The van der Waals surface area contributed by atoms with Crippen molar-refractivity contribution in [2.75, 3.05) is 19.6 Å². The third kappa shape index (κ3) is 4.14. The van der Waals surface area contributed by atoms with Crippen molar-refractivity contribution in [1.82, 2.24) is 15.2 Å². The van der Waals surface area contributed by atoms with Gasteiger partial charge in [-0.25, -0.2) is 4.39 Å². The zero-order chi connectivity index (χ0) is 17.8. The normalized spacial score (nSPS) is 16.3. The van der Waals surface area contributed by atoms with Crippen molar-refractivity contribution in [1.29, 1.82) is 0 Å². The number of benzene rings is 2. The molecule has 3 aromatic rings. The number of hydrogen-bond acceptors (Lipinski definition) is 2. The standard InChI is InChI=1S/C22H26FN3/c23-19-6-7-22-21(14-19)18(15-25-22)8-11-24-20-9-12-26(13-10-20)16-17-4-2-1-3-5-17/h1-7,14-15,20,24-25H,8-13,16H2. The number of nitrogens with zero attached hydrogens (tertiary/aromatic N) is 1. The van der Waals surface area contributed by atoms with Crippen LogP contribution in [0.2, 0.25) is 0 Å². The Labute approximate surface area is 154 Å². The van der Waals surface area contributed by atoms with Gasteiger partial charge in [-0.15, -0.1) is 0 Å². The predicted molar refractivity (Wildman–Crippen MR) is 105 cm³/mol. The average Bonchev–Trinajstić information content (AvgIpc) is 3.06. The van der Waals surface area contributed by atoms with Gasteiger partial charge in [0.15, 0.2) is 0 Å². The van der Waals surface area contributed by atoms with Crippen LogP contribution in [-0.4, -0.2) is 35.6 Å². The van der Waals surface area contributed by atoms with Crippen LogP contribution in [0.25, 0.3) is 10.9 Å². The Hall–Kier alpha value is -2.17. The van der Waals surface area contributed by atoms with Gasteiger partial charge in [0.1, 0.15) is 5.82 Å². The van der Waals surface area contributed by atoms with Crippen molar-refractivity contribution in [2.24, 2.45) is 0 Å². The van der Waals surface area contributed by atoms with Gasteiger partial charge in [-0.1, -0.05) is 30.3 Å². The second-order valence-electron chi connectivity index (χ2n) is 7.24. The lowest BCUT2D eigenvalue weighted by Gasteiger charge is -2.32. The van der Waals surface area contributed by atoms with Crippen molar-refractivity contribution in [2.45, 2.75) is 31.8 Å². The Kier molecular flexibility index (Phi) is 5.32. The van der Waals surface area contributed by atoms with E-state index in [-0.39, 0.29) is 5.82 Å². The first-order chi connectivity index (χ1) is 12.8. The van der Waals surface area contributed by atoms with Crippen LogP contribution < -0.4 is 5.32 Å². The van der Waals surface area contributed by atoms with Crippen LogP contribution in [0.3, 0.4) is 0 Å². The van der Waals surface area contributed by atoms with Crippen LogP contribution in [0.4, 0.5) is 4.39 Å². The summed E-state index contributed by atoms with van der Waals surface area (Å²) in [4.78, 5) is 5.77. The highest BCUT2D eigenvalue weighted by molar-refractivity contribution is 5.83. The fourth-order valence-corrected chi connectivity index (χ4v) is 3.91. The highest BCUT2D eigenvalue weighted by atomic mass is 19.1. The minimum absolute atomic E-state index is 0.169. The maximum absolute atomic E-state index is 13.5. The van der Waals surface area contributed by atoms with Gasteiger partial charge in [-0.05, 0) is 68.2 Å².